The lowest BCUT2D eigenvalue weighted by molar-refractivity contribution is 0.101. The Balaban J connectivity index is 3.08. The second kappa shape index (κ2) is 27.1. The first-order chi connectivity index (χ1) is 28.3. The third-order valence-corrected chi connectivity index (χ3v) is 16.6. The van der Waals surface area contributed by atoms with Gasteiger partial charge in [0.1, 0.15) is 0 Å². The van der Waals surface area contributed by atoms with Crippen LogP contribution in [-0.2, 0) is 0 Å². The predicted molar refractivity (Wildman–Crippen MR) is 274 cm³/mol. The highest BCUT2D eigenvalue weighted by Crippen LogP contribution is 2.45. The minimum atomic E-state index is 0.378. The summed E-state index contributed by atoms with van der Waals surface area (Å²) in [5, 5.41) is 0.609. The summed E-state index contributed by atoms with van der Waals surface area (Å²) in [6.45, 7) is 52.1. The van der Waals surface area contributed by atoms with Gasteiger partial charge in [-0.3, -0.25) is 0 Å². The molecule has 0 amide bonds. The molecule has 0 fully saturated rings. The van der Waals surface area contributed by atoms with Gasteiger partial charge in [0.05, 0.1) is 0 Å². The Kier molecular flexibility index (Phi) is 24.4. The van der Waals surface area contributed by atoms with Crippen LogP contribution in [0.2, 0.25) is 0 Å². The Morgan fingerprint density at radius 3 is 2.07 bits per heavy atom. The lowest BCUT2D eigenvalue weighted by atomic mass is 9.70. The molecule has 0 aromatic carbocycles. The maximum atomic E-state index is 4.83. The Labute approximate surface area is 379 Å². The Morgan fingerprint density at radius 1 is 0.867 bits per heavy atom. The van der Waals surface area contributed by atoms with Crippen LogP contribution in [0.5, 0.6) is 0 Å². The zero-order valence-corrected chi connectivity index (χ0v) is 43.4. The number of hydrogen-bond acceptors (Lipinski definition) is 3. The van der Waals surface area contributed by atoms with Crippen molar-refractivity contribution in [3.63, 3.8) is 0 Å². The lowest BCUT2D eigenvalue weighted by Crippen LogP contribution is -2.48. The standard InChI is InChI=1S/C57H98N2S/c1-20-24-25-29-54(50(21-2)22-3)57(59(36-43(13)30-31-44(14)39(5)6)52(23-4)38-60-49(19)41(9)10)56-46(16)27-26-28-51(56)37-58(53-33-32-45(15)48(18)34-53)55(42(11)12)35-47(17)40(7)8/h20,25-27,29-33,39-42,44,46-52,55-56H,1,13,21-24,28,34-38H2,2-12,14-19H3/b29-25+,31-30-,57-54+. The van der Waals surface area contributed by atoms with Gasteiger partial charge >= 0.3 is 0 Å². The van der Waals surface area contributed by atoms with Gasteiger partial charge in [0.2, 0.25) is 0 Å². The molecule has 0 radical (unpaired) electrons. The van der Waals surface area contributed by atoms with E-state index in [1.165, 1.54) is 17.6 Å². The molecule has 0 heterocycles. The fourth-order valence-electron chi connectivity index (χ4n) is 9.18. The molecule has 2 nitrogen and oxygen atoms in total. The third kappa shape index (κ3) is 16.2. The van der Waals surface area contributed by atoms with Crippen LogP contribution in [0.1, 0.15) is 163 Å². The highest BCUT2D eigenvalue weighted by molar-refractivity contribution is 7.99. The molecule has 0 aromatic rings. The van der Waals surface area contributed by atoms with Gasteiger partial charge in [-0.2, -0.15) is 11.8 Å². The molecule has 342 valence electrons. The molecule has 0 aromatic heterocycles. The van der Waals surface area contributed by atoms with E-state index in [1.807, 2.05) is 0 Å². The van der Waals surface area contributed by atoms with Gasteiger partial charge < -0.3 is 9.80 Å². The van der Waals surface area contributed by atoms with E-state index in [1.54, 1.807) is 17.0 Å². The zero-order chi connectivity index (χ0) is 45.3. The van der Waals surface area contributed by atoms with Crippen LogP contribution in [0.3, 0.4) is 0 Å². The average Bonchev–Trinajstić information content (AvgIpc) is 3.19. The van der Waals surface area contributed by atoms with Crippen LogP contribution >= 0.6 is 11.8 Å². The van der Waals surface area contributed by atoms with Crippen molar-refractivity contribution >= 4 is 11.8 Å². The van der Waals surface area contributed by atoms with Gasteiger partial charge in [-0.15, -0.1) is 6.58 Å². The van der Waals surface area contributed by atoms with Gasteiger partial charge in [-0.25, -0.2) is 0 Å². The van der Waals surface area contributed by atoms with Crippen LogP contribution in [0.25, 0.3) is 0 Å². The fraction of sp³-hybridized carbons (Fsp3) is 0.719. The van der Waals surface area contributed by atoms with Crippen LogP contribution in [0.4, 0.5) is 0 Å². The zero-order valence-electron chi connectivity index (χ0n) is 42.6. The fourth-order valence-corrected chi connectivity index (χ4v) is 10.5. The SMILES string of the molecule is C=CC/C=C/C(=C(/C1C(C)C=CCC1CN(C1=CC=C(C)C(C)C1)C(CC(C)C(C)C)C(C)C)N(CC(=C)/C=C\C(C)C(C)C)C(CC)CSC(C)C(C)C)C(CC)CC. The smallest absolute Gasteiger partial charge is 0.0424 e. The van der Waals surface area contributed by atoms with Gasteiger partial charge in [0.25, 0.3) is 0 Å². The van der Waals surface area contributed by atoms with Crippen LogP contribution < -0.4 is 0 Å². The Bertz CT molecular complexity index is 1460. The van der Waals surface area contributed by atoms with Crippen LogP contribution in [0.15, 0.2) is 96.0 Å². The number of allylic oxidation sites excluding steroid dienone is 12. The third-order valence-electron chi connectivity index (χ3n) is 14.9. The molecule has 60 heavy (non-hydrogen) atoms. The van der Waals surface area contributed by atoms with E-state index in [-0.39, 0.29) is 0 Å². The first-order valence-corrected chi connectivity index (χ1v) is 25.9. The predicted octanol–water partition coefficient (Wildman–Crippen LogP) is 16.8. The summed E-state index contributed by atoms with van der Waals surface area (Å²) in [4.78, 5) is 5.90. The molecule has 9 unspecified atom stereocenters. The largest absolute Gasteiger partial charge is 0.371 e. The van der Waals surface area contributed by atoms with Crippen molar-refractivity contribution in [2.24, 2.45) is 65.1 Å². The van der Waals surface area contributed by atoms with Gasteiger partial charge in [0.15, 0.2) is 0 Å². The minimum absolute atomic E-state index is 0.378. The number of hydrogen-bond donors (Lipinski definition) is 0. The van der Waals surface area contributed by atoms with Crippen molar-refractivity contribution in [2.75, 3.05) is 18.8 Å². The van der Waals surface area contributed by atoms with Crippen molar-refractivity contribution in [3.8, 4) is 0 Å². The monoisotopic (exact) mass is 843 g/mol. The van der Waals surface area contributed by atoms with E-state index in [4.69, 9.17) is 6.58 Å². The maximum Gasteiger partial charge on any atom is 0.0424 e. The highest BCUT2D eigenvalue weighted by atomic mass is 32.2. The molecule has 0 saturated carbocycles. The molecular weight excluding hydrogens is 745 g/mol. The molecular formula is C57H98N2S. The van der Waals surface area contributed by atoms with Crippen molar-refractivity contribution in [1.29, 1.82) is 0 Å². The van der Waals surface area contributed by atoms with Gasteiger partial charge in [-0.05, 0) is 128 Å². The molecule has 3 heteroatoms. The minimum Gasteiger partial charge on any atom is -0.371 e. The molecule has 2 aliphatic rings. The summed E-state index contributed by atoms with van der Waals surface area (Å²) in [5.41, 5.74) is 7.47. The Hall–Kier alpha value is -2.13. The van der Waals surface area contributed by atoms with E-state index < -0.39 is 0 Å². The van der Waals surface area contributed by atoms with E-state index in [2.05, 4.69) is 201 Å². The van der Waals surface area contributed by atoms with Crippen molar-refractivity contribution in [3.05, 3.63) is 96.0 Å². The normalized spacial score (nSPS) is 23.0. The molecule has 0 bridgehead atoms. The number of thioether (sulfide) groups is 1. The highest BCUT2D eigenvalue weighted by Gasteiger charge is 2.40. The summed E-state index contributed by atoms with van der Waals surface area (Å²) in [7, 11) is 0. The number of nitrogens with zero attached hydrogens (tertiary/aromatic N) is 2. The van der Waals surface area contributed by atoms with Crippen molar-refractivity contribution < 1.29 is 0 Å². The van der Waals surface area contributed by atoms with Crippen LogP contribution in [0, 0.1) is 65.1 Å². The summed E-state index contributed by atoms with van der Waals surface area (Å²) in [6.07, 6.45) is 29.6. The quantitative estimate of drug-likeness (QED) is 0.0601. The number of rotatable bonds is 27. The molecule has 0 saturated heterocycles. The van der Waals surface area contributed by atoms with Crippen molar-refractivity contribution in [1.82, 2.24) is 9.80 Å². The first kappa shape index (κ1) is 54.0. The van der Waals surface area contributed by atoms with Crippen molar-refractivity contribution in [2.45, 2.75) is 180 Å². The molecule has 0 aliphatic heterocycles. The Morgan fingerprint density at radius 2 is 1.53 bits per heavy atom. The maximum absolute atomic E-state index is 4.83. The van der Waals surface area contributed by atoms with Gasteiger partial charge in [-0.1, -0.05) is 172 Å². The lowest BCUT2D eigenvalue weighted by Gasteiger charge is -2.49. The summed E-state index contributed by atoms with van der Waals surface area (Å²) < 4.78 is 0. The van der Waals surface area contributed by atoms with Crippen LogP contribution in [-0.4, -0.2) is 46.0 Å². The van der Waals surface area contributed by atoms with E-state index in [0.29, 0.717) is 82.4 Å². The second-order valence-electron chi connectivity index (χ2n) is 20.8. The molecule has 0 spiro atoms. The summed E-state index contributed by atoms with van der Waals surface area (Å²) in [6, 6.07) is 0.894. The average molecular weight is 843 g/mol. The summed E-state index contributed by atoms with van der Waals surface area (Å²) in [5.74, 6) is 7.10. The molecule has 2 rings (SSSR count). The van der Waals surface area contributed by atoms with E-state index in [0.717, 1.165) is 57.4 Å². The van der Waals surface area contributed by atoms with E-state index in [9.17, 15) is 0 Å². The molecule has 2 aliphatic carbocycles. The molecule has 9 atom stereocenters. The second-order valence-corrected chi connectivity index (χ2v) is 22.2. The first-order valence-electron chi connectivity index (χ1n) is 24.9. The van der Waals surface area contributed by atoms with E-state index >= 15 is 0 Å². The van der Waals surface area contributed by atoms with Gasteiger partial charge in [0, 0.05) is 53.5 Å². The topological polar surface area (TPSA) is 6.48 Å². The molecule has 0 N–H and O–H groups in total. The summed E-state index contributed by atoms with van der Waals surface area (Å²) >= 11 is 2.18.